The Hall–Kier alpha value is -5.00. The van der Waals surface area contributed by atoms with Crippen LogP contribution in [-0.2, 0) is 9.59 Å². The van der Waals surface area contributed by atoms with Gasteiger partial charge in [0.2, 0.25) is 23.7 Å². The minimum atomic E-state index is 0. The van der Waals surface area contributed by atoms with E-state index in [1.54, 1.807) is 40.6 Å². The largest absolute Gasteiger partial charge is 0.493 e. The topological polar surface area (TPSA) is 237 Å². The number of nitrogens with zero attached hydrogens (tertiary/aromatic N) is 6. The number of fused-ring (bicyclic) bond motifs is 2. The average molecular weight is 894 g/mol. The Kier molecular flexibility index (Phi) is 22.0. The van der Waals surface area contributed by atoms with Gasteiger partial charge in [-0.2, -0.15) is 9.97 Å². The van der Waals surface area contributed by atoms with Crippen LogP contribution in [-0.4, -0.2) is 105 Å². The van der Waals surface area contributed by atoms with E-state index in [0.717, 1.165) is 112 Å². The summed E-state index contributed by atoms with van der Waals surface area (Å²) in [7, 11) is 6.36. The van der Waals surface area contributed by atoms with Gasteiger partial charge in [-0.1, -0.05) is 26.7 Å². The molecule has 0 radical (unpaired) electrons. The van der Waals surface area contributed by atoms with Gasteiger partial charge in [0.15, 0.2) is 23.0 Å². The van der Waals surface area contributed by atoms with Gasteiger partial charge < -0.3 is 56.3 Å². The van der Waals surface area contributed by atoms with Crippen molar-refractivity contribution in [3.63, 3.8) is 0 Å². The number of benzene rings is 2. The molecule has 0 bridgehead atoms. The Bertz CT molecular complexity index is 1860. The van der Waals surface area contributed by atoms with E-state index in [2.05, 4.69) is 44.2 Å². The van der Waals surface area contributed by atoms with Crippen LogP contribution < -0.4 is 50.8 Å². The maximum atomic E-state index is 12.1. The normalized spacial score (nSPS) is 14.1. The zero-order valence-corrected chi connectivity index (χ0v) is 38.0. The van der Waals surface area contributed by atoms with Gasteiger partial charge in [0.25, 0.3) is 0 Å². The predicted molar refractivity (Wildman–Crippen MR) is 247 cm³/mol. The molecule has 19 heteroatoms. The summed E-state index contributed by atoms with van der Waals surface area (Å²) in [6, 6.07) is 7.25. The van der Waals surface area contributed by atoms with E-state index in [1.807, 2.05) is 12.1 Å². The van der Waals surface area contributed by atoms with E-state index < -0.39 is 0 Å². The number of piperidine rings is 2. The van der Waals surface area contributed by atoms with Crippen molar-refractivity contribution in [3.05, 3.63) is 24.3 Å². The standard InChI is InChI=1S/2C21H31N5O3.2ClH.H2O/c2*1-4-5-8-23-19(27)11-14-6-9-26(10-7-14)21-24-16-13-18(29-3)17(28-2)12-15(16)20(22)25-21;;;/h2*12-14H,4-11H2,1-3H3,(H,23,27)(H2,22,24,25);2*1H;1H2. The fourth-order valence-electron chi connectivity index (χ4n) is 7.37. The van der Waals surface area contributed by atoms with Gasteiger partial charge >= 0.3 is 0 Å². The highest BCUT2D eigenvalue weighted by Gasteiger charge is 2.26. The molecule has 2 aliphatic rings. The van der Waals surface area contributed by atoms with E-state index in [-0.39, 0.29) is 42.1 Å². The number of nitrogens with one attached hydrogen (secondary N) is 2. The molecule has 4 aromatic rings. The van der Waals surface area contributed by atoms with Crippen LogP contribution in [0.2, 0.25) is 0 Å². The molecule has 0 spiro atoms. The summed E-state index contributed by atoms with van der Waals surface area (Å²) >= 11 is 0. The van der Waals surface area contributed by atoms with Crippen molar-refractivity contribution in [3.8, 4) is 23.0 Å². The molecule has 6 rings (SSSR count). The zero-order valence-electron chi connectivity index (χ0n) is 36.4. The number of nitrogens with two attached hydrogens (primary N) is 2. The number of ether oxygens (including phenoxy) is 4. The molecule has 2 aliphatic heterocycles. The molecule has 2 fully saturated rings. The lowest BCUT2D eigenvalue weighted by Crippen LogP contribution is -2.37. The number of halogens is 2. The second-order valence-corrected chi connectivity index (χ2v) is 14.9. The molecular formula is C42H66Cl2N10O7. The first-order chi connectivity index (χ1) is 28.1. The Labute approximate surface area is 371 Å². The van der Waals surface area contributed by atoms with Crippen molar-refractivity contribution in [2.24, 2.45) is 11.8 Å². The summed E-state index contributed by atoms with van der Waals surface area (Å²) in [5.41, 5.74) is 13.9. The van der Waals surface area contributed by atoms with Crippen LogP contribution in [0.15, 0.2) is 24.3 Å². The van der Waals surface area contributed by atoms with Gasteiger partial charge in [-0.15, -0.1) is 24.8 Å². The number of hydrogen-bond donors (Lipinski definition) is 4. The molecule has 0 saturated carbocycles. The SMILES string of the molecule is CCCCNC(=O)CC1CCN(c2nc(N)c3cc(OC)c(OC)cc3n2)CC1.CCCCNC(=O)CC1CCN(c2nc(N)c3cc(OC)c(OC)cc3n2)CC1.Cl.Cl.O. The number of rotatable bonds is 16. The van der Waals surface area contributed by atoms with Crippen molar-refractivity contribution >= 4 is 82.0 Å². The average Bonchev–Trinajstić information content (AvgIpc) is 3.23. The molecule has 340 valence electrons. The van der Waals surface area contributed by atoms with Gasteiger partial charge in [0, 0.05) is 75.0 Å². The highest BCUT2D eigenvalue weighted by Crippen LogP contribution is 2.36. The minimum Gasteiger partial charge on any atom is -0.493 e. The number of nitrogen functional groups attached to an aromatic ring is 2. The first kappa shape index (κ1) is 52.1. The maximum absolute atomic E-state index is 12.1. The fraction of sp³-hybridized carbons (Fsp3) is 0.571. The van der Waals surface area contributed by atoms with E-state index in [0.29, 0.717) is 71.2 Å². The molecule has 2 aromatic heterocycles. The molecule has 17 nitrogen and oxygen atoms in total. The third-order valence-corrected chi connectivity index (χ3v) is 10.9. The first-order valence-electron chi connectivity index (χ1n) is 20.5. The molecular weight excluding hydrogens is 827 g/mol. The number of unbranched alkanes of at least 4 members (excludes halogenated alkanes) is 2. The van der Waals surface area contributed by atoms with Gasteiger partial charge in [0.1, 0.15) is 11.6 Å². The molecule has 2 aromatic carbocycles. The Morgan fingerprint density at radius 1 is 0.607 bits per heavy atom. The van der Waals surface area contributed by atoms with Crippen molar-refractivity contribution in [2.75, 3.05) is 89.0 Å². The van der Waals surface area contributed by atoms with E-state index in [9.17, 15) is 9.59 Å². The monoisotopic (exact) mass is 892 g/mol. The van der Waals surface area contributed by atoms with Crippen LogP contribution in [0.1, 0.15) is 78.1 Å². The Morgan fingerprint density at radius 3 is 1.25 bits per heavy atom. The molecule has 61 heavy (non-hydrogen) atoms. The smallest absolute Gasteiger partial charge is 0.227 e. The number of carbonyl (C=O) groups is 2. The van der Waals surface area contributed by atoms with Gasteiger partial charge in [0.05, 0.1) is 39.5 Å². The molecule has 0 aliphatic carbocycles. The molecule has 0 atom stereocenters. The van der Waals surface area contributed by atoms with Crippen LogP contribution in [0.25, 0.3) is 21.8 Å². The van der Waals surface area contributed by atoms with Crippen LogP contribution in [0.4, 0.5) is 23.5 Å². The summed E-state index contributed by atoms with van der Waals surface area (Å²) in [4.78, 5) is 46.8. The third-order valence-electron chi connectivity index (χ3n) is 10.9. The highest BCUT2D eigenvalue weighted by molar-refractivity contribution is 5.92. The number of aromatic nitrogens is 4. The van der Waals surface area contributed by atoms with Crippen LogP contribution in [0.3, 0.4) is 0 Å². The fourth-order valence-corrected chi connectivity index (χ4v) is 7.37. The van der Waals surface area contributed by atoms with Crippen molar-refractivity contribution in [2.45, 2.75) is 78.1 Å². The molecule has 2 amide bonds. The zero-order chi connectivity index (χ0) is 41.6. The molecule has 2 saturated heterocycles. The van der Waals surface area contributed by atoms with Crippen LogP contribution in [0, 0.1) is 11.8 Å². The van der Waals surface area contributed by atoms with E-state index >= 15 is 0 Å². The third kappa shape index (κ3) is 14.0. The molecule has 0 unspecified atom stereocenters. The summed E-state index contributed by atoms with van der Waals surface area (Å²) in [6.45, 7) is 9.03. The number of amides is 2. The first-order valence-corrected chi connectivity index (χ1v) is 20.5. The summed E-state index contributed by atoms with van der Waals surface area (Å²) in [6.07, 6.45) is 9.18. The maximum Gasteiger partial charge on any atom is 0.227 e. The molecule has 8 N–H and O–H groups in total. The Balaban J connectivity index is 0.000000400. The summed E-state index contributed by atoms with van der Waals surface area (Å²) in [5, 5.41) is 7.49. The van der Waals surface area contributed by atoms with Crippen molar-refractivity contribution in [1.29, 1.82) is 0 Å². The number of hydrogen-bond acceptors (Lipinski definition) is 14. The van der Waals surface area contributed by atoms with E-state index in [1.165, 1.54) is 0 Å². The second-order valence-electron chi connectivity index (χ2n) is 14.9. The van der Waals surface area contributed by atoms with E-state index in [4.69, 9.17) is 40.4 Å². The lowest BCUT2D eigenvalue weighted by Gasteiger charge is -2.32. The predicted octanol–water partition coefficient (Wildman–Crippen LogP) is 5.52. The quantitative estimate of drug-likeness (QED) is 0.101. The van der Waals surface area contributed by atoms with Crippen molar-refractivity contribution < 1.29 is 34.0 Å². The lowest BCUT2D eigenvalue weighted by molar-refractivity contribution is -0.123. The van der Waals surface area contributed by atoms with Gasteiger partial charge in [-0.25, -0.2) is 9.97 Å². The van der Waals surface area contributed by atoms with Crippen molar-refractivity contribution in [1.82, 2.24) is 30.6 Å². The number of carbonyl (C=O) groups excluding carboxylic acids is 2. The number of methoxy groups -OCH3 is 4. The van der Waals surface area contributed by atoms with Crippen LogP contribution >= 0.6 is 24.8 Å². The summed E-state index contributed by atoms with van der Waals surface area (Å²) < 4.78 is 21.4. The minimum absolute atomic E-state index is 0. The lowest BCUT2D eigenvalue weighted by atomic mass is 9.93. The van der Waals surface area contributed by atoms with Gasteiger partial charge in [-0.05, 0) is 62.5 Å². The highest BCUT2D eigenvalue weighted by atomic mass is 35.5. The van der Waals surface area contributed by atoms with Gasteiger partial charge in [-0.3, -0.25) is 9.59 Å². The molecule has 4 heterocycles. The van der Waals surface area contributed by atoms with Crippen LogP contribution in [0.5, 0.6) is 23.0 Å². The Morgan fingerprint density at radius 2 is 0.934 bits per heavy atom. The second kappa shape index (κ2) is 25.7. The number of anilines is 4. The summed E-state index contributed by atoms with van der Waals surface area (Å²) in [5.74, 6) is 5.60.